The van der Waals surface area contributed by atoms with Gasteiger partial charge in [-0.15, -0.1) is 0 Å². The van der Waals surface area contributed by atoms with E-state index in [4.69, 9.17) is 14.2 Å². The van der Waals surface area contributed by atoms with Gasteiger partial charge in [0.05, 0.1) is 13.2 Å². The van der Waals surface area contributed by atoms with Gasteiger partial charge in [-0.3, -0.25) is 19.3 Å². The van der Waals surface area contributed by atoms with Crippen LogP contribution in [0.15, 0.2) is 0 Å². The molecule has 0 radical (unpaired) electrons. The van der Waals surface area contributed by atoms with Gasteiger partial charge in [-0.25, -0.2) is 0 Å². The average Bonchev–Trinajstić information content (AvgIpc) is 3.08. The van der Waals surface area contributed by atoms with Gasteiger partial charge in [-0.05, 0) is 25.7 Å². The summed E-state index contributed by atoms with van der Waals surface area (Å²) in [7, 11) is 0. The van der Waals surface area contributed by atoms with E-state index in [1.807, 2.05) is 4.90 Å². The molecule has 0 aromatic rings. The molecule has 1 amide bonds. The number of likely N-dealkylation sites (tertiary alicyclic amines) is 1. The van der Waals surface area contributed by atoms with Gasteiger partial charge in [0.1, 0.15) is 13.2 Å². The predicted octanol–water partition coefficient (Wildman–Crippen LogP) is 8.25. The van der Waals surface area contributed by atoms with Crippen molar-refractivity contribution >= 4 is 17.8 Å². The van der Waals surface area contributed by atoms with Crippen LogP contribution in [0, 0.1) is 5.41 Å². The molecule has 0 aromatic carbocycles. The topological polar surface area (TPSA) is 85.4 Å². The highest BCUT2D eigenvalue weighted by Crippen LogP contribution is 2.33. The van der Waals surface area contributed by atoms with Crippen molar-refractivity contribution in [2.45, 2.75) is 162 Å². The molecule has 2 rings (SSSR count). The number of rotatable bonds is 27. The first-order chi connectivity index (χ1) is 22.5. The molecule has 0 bridgehead atoms. The summed E-state index contributed by atoms with van der Waals surface area (Å²) in [5, 5.41) is 0. The van der Waals surface area contributed by atoms with E-state index in [2.05, 4.69) is 18.7 Å². The number of hydrogen-bond donors (Lipinski definition) is 0. The summed E-state index contributed by atoms with van der Waals surface area (Å²) < 4.78 is 17.1. The van der Waals surface area contributed by atoms with Gasteiger partial charge in [-0.1, -0.05) is 117 Å². The molecule has 2 aliphatic rings. The third kappa shape index (κ3) is 19.2. The SMILES string of the molecule is CCCCCCCCCCCC(=O)OCC1(COC(=O)CCCCCCCCCCC)CCN(C(=O)CCN2CCOCC2)CC1. The molecule has 2 heterocycles. The fraction of sp³-hybridized carbons (Fsp3) is 0.921. The van der Waals surface area contributed by atoms with E-state index in [1.165, 1.54) is 89.9 Å². The number of esters is 2. The highest BCUT2D eigenvalue weighted by Gasteiger charge is 2.38. The van der Waals surface area contributed by atoms with Crippen LogP contribution in [0.2, 0.25) is 0 Å². The Morgan fingerprint density at radius 2 is 0.978 bits per heavy atom. The highest BCUT2D eigenvalue weighted by molar-refractivity contribution is 5.76. The van der Waals surface area contributed by atoms with Crippen molar-refractivity contribution < 1.29 is 28.6 Å². The van der Waals surface area contributed by atoms with E-state index < -0.39 is 5.41 Å². The summed E-state index contributed by atoms with van der Waals surface area (Å²) in [5.41, 5.74) is -0.427. The Balaban J connectivity index is 1.73. The zero-order valence-electron chi connectivity index (χ0n) is 30.0. The van der Waals surface area contributed by atoms with E-state index in [9.17, 15) is 14.4 Å². The van der Waals surface area contributed by atoms with Crippen LogP contribution in [0.25, 0.3) is 0 Å². The molecule has 0 spiro atoms. The highest BCUT2D eigenvalue weighted by atomic mass is 16.5. The van der Waals surface area contributed by atoms with Crippen LogP contribution in [0.5, 0.6) is 0 Å². The smallest absolute Gasteiger partial charge is 0.305 e. The van der Waals surface area contributed by atoms with Crippen LogP contribution in [0.1, 0.15) is 162 Å². The zero-order valence-corrected chi connectivity index (χ0v) is 30.0. The largest absolute Gasteiger partial charge is 0.465 e. The molecule has 268 valence electrons. The molecule has 8 heteroatoms. The van der Waals surface area contributed by atoms with E-state index in [-0.39, 0.29) is 31.1 Å². The van der Waals surface area contributed by atoms with Crippen molar-refractivity contribution in [3.8, 4) is 0 Å². The minimum absolute atomic E-state index is 0.160. The van der Waals surface area contributed by atoms with Gasteiger partial charge in [0.15, 0.2) is 0 Å². The number of amides is 1. The molecule has 0 saturated carbocycles. The summed E-state index contributed by atoms with van der Waals surface area (Å²) in [6.07, 6.45) is 24.5. The number of piperidine rings is 1. The average molecular weight is 651 g/mol. The maximum atomic E-state index is 13.0. The Kier molecular flexibility index (Phi) is 23.2. The molecule has 0 atom stereocenters. The van der Waals surface area contributed by atoms with Gasteiger partial charge in [0.25, 0.3) is 0 Å². The Bertz CT molecular complexity index is 752. The molecular weight excluding hydrogens is 580 g/mol. The van der Waals surface area contributed by atoms with Crippen LogP contribution in [-0.4, -0.2) is 86.8 Å². The number of nitrogens with zero attached hydrogens (tertiary/aromatic N) is 2. The first kappa shape index (κ1) is 40.5. The normalized spacial score (nSPS) is 16.8. The fourth-order valence-electron chi connectivity index (χ4n) is 6.57. The molecule has 0 unspecified atom stereocenters. The van der Waals surface area contributed by atoms with Crippen molar-refractivity contribution in [2.75, 3.05) is 59.2 Å². The van der Waals surface area contributed by atoms with E-state index in [0.29, 0.717) is 45.2 Å². The lowest BCUT2D eigenvalue weighted by Crippen LogP contribution is -2.48. The minimum atomic E-state index is -0.427. The molecule has 0 aliphatic carbocycles. The summed E-state index contributed by atoms with van der Waals surface area (Å²) in [6.45, 7) is 10.2. The standard InChI is InChI=1S/C38H70N2O6/c1-3-5-7-9-11-13-15-17-19-21-36(42)45-33-38(34-46-37(43)22-20-18-16-14-12-10-8-6-4-2)24-27-40(28-25-38)35(41)23-26-39-29-31-44-32-30-39/h3-34H2,1-2H3. The quantitative estimate of drug-likeness (QED) is 0.0654. The summed E-state index contributed by atoms with van der Waals surface area (Å²) in [4.78, 5) is 42.6. The molecule has 0 aromatic heterocycles. The molecular formula is C38H70N2O6. The first-order valence-corrected chi connectivity index (χ1v) is 19.4. The molecule has 2 aliphatic heterocycles. The van der Waals surface area contributed by atoms with E-state index >= 15 is 0 Å². The molecule has 2 fully saturated rings. The van der Waals surface area contributed by atoms with Crippen molar-refractivity contribution in [1.82, 2.24) is 9.80 Å². The fourth-order valence-corrected chi connectivity index (χ4v) is 6.57. The van der Waals surface area contributed by atoms with E-state index in [0.717, 1.165) is 58.5 Å². The summed E-state index contributed by atoms with van der Waals surface area (Å²) in [5.74, 6) is -0.149. The molecule has 2 saturated heterocycles. The molecule has 46 heavy (non-hydrogen) atoms. The van der Waals surface area contributed by atoms with Crippen LogP contribution in [0.4, 0.5) is 0 Å². The number of hydrogen-bond acceptors (Lipinski definition) is 7. The van der Waals surface area contributed by atoms with Crippen LogP contribution >= 0.6 is 0 Å². The molecule has 0 N–H and O–H groups in total. The van der Waals surface area contributed by atoms with Gasteiger partial charge >= 0.3 is 11.9 Å². The lowest BCUT2D eigenvalue weighted by molar-refractivity contribution is -0.158. The number of ether oxygens (including phenoxy) is 3. The Hall–Kier alpha value is -1.67. The van der Waals surface area contributed by atoms with Crippen LogP contribution in [0.3, 0.4) is 0 Å². The summed E-state index contributed by atoms with van der Waals surface area (Å²) in [6, 6.07) is 0. The van der Waals surface area contributed by atoms with Crippen molar-refractivity contribution in [1.29, 1.82) is 0 Å². The Labute approximate surface area is 282 Å². The third-order valence-corrected chi connectivity index (χ3v) is 9.97. The second kappa shape index (κ2) is 26.3. The maximum Gasteiger partial charge on any atom is 0.305 e. The van der Waals surface area contributed by atoms with E-state index in [1.54, 1.807) is 0 Å². The minimum Gasteiger partial charge on any atom is -0.465 e. The Morgan fingerprint density at radius 1 is 0.565 bits per heavy atom. The monoisotopic (exact) mass is 651 g/mol. The van der Waals surface area contributed by atoms with Crippen LogP contribution in [-0.2, 0) is 28.6 Å². The molecule has 8 nitrogen and oxygen atoms in total. The van der Waals surface area contributed by atoms with Gasteiger partial charge in [0.2, 0.25) is 5.91 Å². The number of carbonyl (C=O) groups is 3. The number of unbranched alkanes of at least 4 members (excludes halogenated alkanes) is 16. The maximum absolute atomic E-state index is 13.0. The van der Waals surface area contributed by atoms with Crippen molar-refractivity contribution in [3.05, 3.63) is 0 Å². The number of morpholine rings is 1. The lowest BCUT2D eigenvalue weighted by Gasteiger charge is -2.41. The zero-order chi connectivity index (χ0) is 33.1. The Morgan fingerprint density at radius 3 is 1.41 bits per heavy atom. The van der Waals surface area contributed by atoms with Crippen molar-refractivity contribution in [3.63, 3.8) is 0 Å². The van der Waals surface area contributed by atoms with Gasteiger partial charge < -0.3 is 19.1 Å². The summed E-state index contributed by atoms with van der Waals surface area (Å²) >= 11 is 0. The second-order valence-electron chi connectivity index (χ2n) is 14.1. The lowest BCUT2D eigenvalue weighted by atomic mass is 9.79. The van der Waals surface area contributed by atoms with Gasteiger partial charge in [0, 0.05) is 57.4 Å². The van der Waals surface area contributed by atoms with Crippen LogP contribution < -0.4 is 0 Å². The van der Waals surface area contributed by atoms with Crippen molar-refractivity contribution in [2.24, 2.45) is 5.41 Å². The second-order valence-corrected chi connectivity index (χ2v) is 14.1. The first-order valence-electron chi connectivity index (χ1n) is 19.4. The number of carbonyl (C=O) groups excluding carboxylic acids is 3. The van der Waals surface area contributed by atoms with Gasteiger partial charge in [-0.2, -0.15) is 0 Å². The third-order valence-electron chi connectivity index (χ3n) is 9.97. The predicted molar refractivity (Wildman–Crippen MR) is 186 cm³/mol.